The third-order valence-electron chi connectivity index (χ3n) is 4.09. The predicted molar refractivity (Wildman–Crippen MR) is 84.2 cm³/mol. The van der Waals surface area contributed by atoms with Gasteiger partial charge in [-0.3, -0.25) is 0 Å². The molecular weight excluding hydrogens is 283 g/mol. The first kappa shape index (κ1) is 16.7. The Hall–Kier alpha value is -1.62. The van der Waals surface area contributed by atoms with Gasteiger partial charge in [-0.2, -0.15) is 0 Å². The summed E-state index contributed by atoms with van der Waals surface area (Å²) in [5.41, 5.74) is 0.146. The second-order valence-electron chi connectivity index (χ2n) is 6.81. The molecule has 0 bridgehead atoms. The van der Waals surface area contributed by atoms with Crippen LogP contribution in [0.2, 0.25) is 0 Å². The lowest BCUT2D eigenvalue weighted by molar-refractivity contribution is 0.0527. The zero-order valence-electron chi connectivity index (χ0n) is 13.5. The predicted octanol–water partition coefficient (Wildman–Crippen LogP) is 2.87. The molecule has 0 heterocycles. The van der Waals surface area contributed by atoms with Crippen molar-refractivity contribution in [1.29, 1.82) is 0 Å². The molecule has 2 rings (SSSR count). The molecule has 5 heteroatoms. The summed E-state index contributed by atoms with van der Waals surface area (Å²) in [5.74, 6) is -0.0210. The van der Waals surface area contributed by atoms with E-state index in [1.54, 1.807) is 33.0 Å². The van der Waals surface area contributed by atoms with Crippen molar-refractivity contribution in [3.05, 3.63) is 35.6 Å². The molecule has 22 heavy (non-hydrogen) atoms. The zero-order chi connectivity index (χ0) is 16.3. The molecule has 2 unspecified atom stereocenters. The van der Waals surface area contributed by atoms with E-state index in [0.717, 1.165) is 24.8 Å². The first-order valence-electron chi connectivity index (χ1n) is 7.76. The number of urea groups is 1. The standard InChI is InChI=1S/C17H25FN2O2/c1-17(2,22)11-20(3)16(21)19-15-6-4-5-14(15)12-7-9-13(18)10-8-12/h7-10,14-15,22H,4-6,11H2,1-3H3,(H,19,21). The fraction of sp³-hybridized carbons (Fsp3) is 0.588. The fourth-order valence-corrected chi connectivity index (χ4v) is 3.16. The molecule has 0 aliphatic heterocycles. The Morgan fingerprint density at radius 1 is 1.36 bits per heavy atom. The zero-order valence-corrected chi connectivity index (χ0v) is 13.5. The second-order valence-corrected chi connectivity index (χ2v) is 6.81. The molecule has 2 amide bonds. The molecule has 122 valence electrons. The fourth-order valence-electron chi connectivity index (χ4n) is 3.16. The largest absolute Gasteiger partial charge is 0.389 e. The van der Waals surface area contributed by atoms with Crippen LogP contribution in [0, 0.1) is 5.82 Å². The van der Waals surface area contributed by atoms with Crippen LogP contribution < -0.4 is 5.32 Å². The SMILES string of the molecule is CN(CC(C)(C)O)C(=O)NC1CCCC1c1ccc(F)cc1. The van der Waals surface area contributed by atoms with E-state index in [-0.39, 0.29) is 30.4 Å². The summed E-state index contributed by atoms with van der Waals surface area (Å²) >= 11 is 0. The summed E-state index contributed by atoms with van der Waals surface area (Å²) < 4.78 is 13.0. The summed E-state index contributed by atoms with van der Waals surface area (Å²) in [7, 11) is 1.68. The minimum absolute atomic E-state index is 0.0576. The van der Waals surface area contributed by atoms with Gasteiger partial charge in [-0.05, 0) is 44.4 Å². The van der Waals surface area contributed by atoms with Crippen molar-refractivity contribution in [2.75, 3.05) is 13.6 Å². The molecule has 1 aliphatic carbocycles. The van der Waals surface area contributed by atoms with Crippen LogP contribution in [0.15, 0.2) is 24.3 Å². The van der Waals surface area contributed by atoms with Crippen LogP contribution in [-0.4, -0.2) is 41.3 Å². The van der Waals surface area contributed by atoms with Gasteiger partial charge in [0.2, 0.25) is 0 Å². The van der Waals surface area contributed by atoms with E-state index in [1.807, 2.05) is 0 Å². The number of carbonyl (C=O) groups is 1. The number of aliphatic hydroxyl groups is 1. The van der Waals surface area contributed by atoms with Crippen molar-refractivity contribution < 1.29 is 14.3 Å². The van der Waals surface area contributed by atoms with Crippen LogP contribution in [0.1, 0.15) is 44.6 Å². The minimum Gasteiger partial charge on any atom is -0.389 e. The molecule has 0 radical (unpaired) electrons. The van der Waals surface area contributed by atoms with Crippen molar-refractivity contribution in [2.24, 2.45) is 0 Å². The molecule has 0 spiro atoms. The molecule has 1 aliphatic rings. The third kappa shape index (κ3) is 4.44. The Kier molecular flexibility index (Phi) is 5.06. The van der Waals surface area contributed by atoms with Gasteiger partial charge in [0.1, 0.15) is 5.82 Å². The number of amides is 2. The number of halogens is 1. The number of carbonyl (C=O) groups excluding carboxylic acids is 1. The van der Waals surface area contributed by atoms with Gasteiger partial charge < -0.3 is 15.3 Å². The Labute approximate surface area is 131 Å². The highest BCUT2D eigenvalue weighted by Gasteiger charge is 2.31. The maximum absolute atomic E-state index is 13.0. The molecule has 0 aromatic heterocycles. The smallest absolute Gasteiger partial charge is 0.317 e. The Bertz CT molecular complexity index is 510. The van der Waals surface area contributed by atoms with E-state index in [4.69, 9.17) is 0 Å². The highest BCUT2D eigenvalue weighted by molar-refractivity contribution is 5.74. The first-order valence-corrected chi connectivity index (χ1v) is 7.76. The summed E-state index contributed by atoms with van der Waals surface area (Å²) in [5, 5.41) is 12.8. The lowest BCUT2D eigenvalue weighted by Crippen LogP contribution is -2.48. The van der Waals surface area contributed by atoms with Crippen LogP contribution in [-0.2, 0) is 0 Å². The van der Waals surface area contributed by atoms with E-state index in [0.29, 0.717) is 0 Å². The molecule has 1 fully saturated rings. The van der Waals surface area contributed by atoms with Gasteiger partial charge in [-0.25, -0.2) is 9.18 Å². The van der Waals surface area contributed by atoms with E-state index in [2.05, 4.69) is 5.32 Å². The van der Waals surface area contributed by atoms with Gasteiger partial charge in [0.25, 0.3) is 0 Å². The van der Waals surface area contributed by atoms with Crippen LogP contribution >= 0.6 is 0 Å². The number of hydrogen-bond donors (Lipinski definition) is 2. The van der Waals surface area contributed by atoms with Crippen molar-refractivity contribution in [3.8, 4) is 0 Å². The Morgan fingerprint density at radius 3 is 2.59 bits per heavy atom. The van der Waals surface area contributed by atoms with Crippen LogP contribution in [0.4, 0.5) is 9.18 Å². The number of benzene rings is 1. The third-order valence-corrected chi connectivity index (χ3v) is 4.09. The molecular formula is C17H25FN2O2. The second kappa shape index (κ2) is 6.65. The van der Waals surface area contributed by atoms with Gasteiger partial charge in [-0.15, -0.1) is 0 Å². The van der Waals surface area contributed by atoms with E-state index >= 15 is 0 Å². The van der Waals surface area contributed by atoms with E-state index in [1.165, 1.54) is 17.0 Å². The molecule has 4 nitrogen and oxygen atoms in total. The van der Waals surface area contributed by atoms with Gasteiger partial charge >= 0.3 is 6.03 Å². The van der Waals surface area contributed by atoms with Crippen molar-refractivity contribution >= 4 is 6.03 Å². The highest BCUT2D eigenvalue weighted by atomic mass is 19.1. The monoisotopic (exact) mass is 308 g/mol. The van der Waals surface area contributed by atoms with Gasteiger partial charge in [0, 0.05) is 19.0 Å². The average Bonchev–Trinajstić information content (AvgIpc) is 2.85. The number of rotatable bonds is 4. The van der Waals surface area contributed by atoms with E-state index in [9.17, 15) is 14.3 Å². The maximum atomic E-state index is 13.0. The molecule has 1 aromatic rings. The summed E-state index contributed by atoms with van der Waals surface area (Å²) in [6.07, 6.45) is 2.96. The first-order chi connectivity index (χ1) is 10.3. The van der Waals surface area contributed by atoms with Crippen LogP contribution in [0.3, 0.4) is 0 Å². The van der Waals surface area contributed by atoms with Gasteiger partial charge in [-0.1, -0.05) is 18.6 Å². The number of likely N-dealkylation sites (N-methyl/N-ethyl adjacent to an activating group) is 1. The molecule has 2 atom stereocenters. The number of nitrogens with one attached hydrogen (secondary N) is 1. The number of nitrogens with zero attached hydrogens (tertiary/aromatic N) is 1. The average molecular weight is 308 g/mol. The molecule has 1 aromatic carbocycles. The Balaban J connectivity index is 1.99. The lowest BCUT2D eigenvalue weighted by atomic mass is 9.94. The summed E-state index contributed by atoms with van der Waals surface area (Å²) in [6, 6.07) is 6.40. The molecule has 0 saturated heterocycles. The van der Waals surface area contributed by atoms with Crippen molar-refractivity contribution in [2.45, 2.75) is 50.7 Å². The minimum atomic E-state index is -0.919. The van der Waals surface area contributed by atoms with Gasteiger partial charge in [0.15, 0.2) is 0 Å². The number of hydrogen-bond acceptors (Lipinski definition) is 2. The van der Waals surface area contributed by atoms with Crippen molar-refractivity contribution in [1.82, 2.24) is 10.2 Å². The maximum Gasteiger partial charge on any atom is 0.317 e. The quantitative estimate of drug-likeness (QED) is 0.898. The molecule has 1 saturated carbocycles. The normalized spacial score (nSPS) is 21.7. The van der Waals surface area contributed by atoms with Gasteiger partial charge in [0.05, 0.1) is 12.1 Å². The highest BCUT2D eigenvalue weighted by Crippen LogP contribution is 2.34. The topological polar surface area (TPSA) is 52.6 Å². The van der Waals surface area contributed by atoms with Crippen LogP contribution in [0.25, 0.3) is 0 Å². The van der Waals surface area contributed by atoms with E-state index < -0.39 is 5.60 Å². The summed E-state index contributed by atoms with van der Waals surface area (Å²) in [6.45, 7) is 3.62. The van der Waals surface area contributed by atoms with Crippen molar-refractivity contribution in [3.63, 3.8) is 0 Å². The Morgan fingerprint density at radius 2 is 2.00 bits per heavy atom. The lowest BCUT2D eigenvalue weighted by Gasteiger charge is -2.29. The molecule has 2 N–H and O–H groups in total. The van der Waals surface area contributed by atoms with Crippen LogP contribution in [0.5, 0.6) is 0 Å². The summed E-state index contributed by atoms with van der Waals surface area (Å²) in [4.78, 5) is 13.8.